The Bertz CT molecular complexity index is 1380. The van der Waals surface area contributed by atoms with Crippen molar-refractivity contribution in [2.45, 2.75) is 20.3 Å². The molecule has 1 aromatic heterocycles. The Labute approximate surface area is 228 Å². The van der Waals surface area contributed by atoms with Crippen LogP contribution in [0.2, 0.25) is 0 Å². The summed E-state index contributed by atoms with van der Waals surface area (Å²) in [5.74, 6) is 2.20. The molecule has 0 fully saturated rings. The molecule has 0 saturated heterocycles. The quantitative estimate of drug-likeness (QED) is 0.390. The zero-order valence-electron chi connectivity index (χ0n) is 22.2. The predicted octanol–water partition coefficient (Wildman–Crippen LogP) is 3.95. The number of amides is 2. The Hall–Kier alpha value is -4.53. The Balaban J connectivity index is 1.16. The van der Waals surface area contributed by atoms with Gasteiger partial charge in [-0.15, -0.1) is 0 Å². The third kappa shape index (κ3) is 6.67. The number of nitrogens with zero attached hydrogens (tertiary/aromatic N) is 3. The summed E-state index contributed by atoms with van der Waals surface area (Å²) in [5.41, 5.74) is 3.87. The zero-order chi connectivity index (χ0) is 27.2. The lowest BCUT2D eigenvalue weighted by Gasteiger charge is -2.20. The summed E-state index contributed by atoms with van der Waals surface area (Å²) in [6, 6.07) is 18.2. The van der Waals surface area contributed by atoms with Gasteiger partial charge in [0.1, 0.15) is 17.4 Å². The van der Waals surface area contributed by atoms with Crippen LogP contribution in [0, 0.1) is 11.8 Å². The summed E-state index contributed by atoms with van der Waals surface area (Å²) < 4.78 is 0. The van der Waals surface area contributed by atoms with Crippen LogP contribution in [0.5, 0.6) is 0 Å². The van der Waals surface area contributed by atoms with Gasteiger partial charge in [-0.2, -0.15) is 0 Å². The molecular weight excluding hydrogens is 490 g/mol. The number of aromatic nitrogens is 1. The summed E-state index contributed by atoms with van der Waals surface area (Å²) in [6.07, 6.45) is 2.50. The number of carbonyl (C=O) groups is 2. The van der Waals surface area contributed by atoms with Gasteiger partial charge in [0.25, 0.3) is 11.8 Å². The Morgan fingerprint density at radius 2 is 1.33 bits per heavy atom. The monoisotopic (exact) mass is 523 g/mol. The van der Waals surface area contributed by atoms with Crippen molar-refractivity contribution >= 4 is 34.9 Å². The van der Waals surface area contributed by atoms with E-state index in [0.29, 0.717) is 28.8 Å². The van der Waals surface area contributed by atoms with Crippen LogP contribution in [-0.2, 0) is 0 Å². The minimum absolute atomic E-state index is 0.221. The average Bonchev–Trinajstić information content (AvgIpc) is 3.19. The van der Waals surface area contributed by atoms with Crippen molar-refractivity contribution in [2.75, 3.05) is 36.8 Å². The lowest BCUT2D eigenvalue weighted by atomic mass is 10.1. The van der Waals surface area contributed by atoms with E-state index in [9.17, 15) is 9.59 Å². The highest BCUT2D eigenvalue weighted by Gasteiger charge is 2.15. The predicted molar refractivity (Wildman–Crippen MR) is 155 cm³/mol. The van der Waals surface area contributed by atoms with Crippen molar-refractivity contribution in [1.29, 1.82) is 0 Å². The number of aliphatic imine (C=N–C) groups is 2. The largest absolute Gasteiger partial charge is 0.370 e. The molecule has 3 aromatic rings. The number of benzene rings is 2. The SMILES string of the molecule is CC1CCNC(c2ccc(NC(=O)c3ccc(C(=O)Nc4ccc(C5=NCC(C)CN5)cc4)cn3)cc2)=NC1. The molecule has 2 amide bonds. The molecule has 4 N–H and O–H groups in total. The molecule has 2 aliphatic heterocycles. The maximum absolute atomic E-state index is 12.7. The van der Waals surface area contributed by atoms with E-state index in [1.165, 1.54) is 6.20 Å². The highest BCUT2D eigenvalue weighted by Crippen LogP contribution is 2.16. The van der Waals surface area contributed by atoms with Gasteiger partial charge in [-0.05, 0) is 78.9 Å². The number of amidine groups is 2. The second-order valence-electron chi connectivity index (χ2n) is 10.2. The standard InChI is InChI=1S/C30H33N7O2/c1-19-13-14-31-27(33-15-19)21-3-10-25(11-4-21)37-30(39)26-12-7-23(18-32-26)29(38)36-24-8-5-22(6-9-24)28-34-16-20(2)17-35-28/h3-12,18-20H,13-17H2,1-2H3,(H,31,33)(H,34,35)(H,36,38)(H,37,39). The summed E-state index contributed by atoms with van der Waals surface area (Å²) in [6.45, 7) is 7.77. The molecule has 2 aliphatic rings. The van der Waals surface area contributed by atoms with Crippen LogP contribution in [0.4, 0.5) is 11.4 Å². The van der Waals surface area contributed by atoms with E-state index in [2.05, 4.69) is 50.1 Å². The van der Waals surface area contributed by atoms with Crippen molar-refractivity contribution in [3.63, 3.8) is 0 Å². The minimum atomic E-state index is -0.349. The first kappa shape index (κ1) is 26.1. The minimum Gasteiger partial charge on any atom is -0.370 e. The molecule has 5 rings (SSSR count). The molecule has 9 heteroatoms. The maximum Gasteiger partial charge on any atom is 0.274 e. The summed E-state index contributed by atoms with van der Waals surface area (Å²) in [7, 11) is 0. The zero-order valence-corrected chi connectivity index (χ0v) is 22.2. The van der Waals surface area contributed by atoms with Crippen LogP contribution in [0.3, 0.4) is 0 Å². The first-order chi connectivity index (χ1) is 18.9. The first-order valence-electron chi connectivity index (χ1n) is 13.3. The molecule has 2 unspecified atom stereocenters. The van der Waals surface area contributed by atoms with E-state index in [0.717, 1.165) is 55.4 Å². The van der Waals surface area contributed by atoms with E-state index in [-0.39, 0.29) is 17.5 Å². The van der Waals surface area contributed by atoms with Gasteiger partial charge in [0, 0.05) is 54.9 Å². The van der Waals surface area contributed by atoms with E-state index >= 15 is 0 Å². The molecule has 3 heterocycles. The van der Waals surface area contributed by atoms with Gasteiger partial charge in [0.05, 0.1) is 5.56 Å². The number of pyridine rings is 1. The normalized spacial score (nSPS) is 18.9. The Morgan fingerprint density at radius 3 is 1.92 bits per heavy atom. The van der Waals surface area contributed by atoms with Gasteiger partial charge >= 0.3 is 0 Å². The molecule has 39 heavy (non-hydrogen) atoms. The van der Waals surface area contributed by atoms with Crippen LogP contribution in [0.1, 0.15) is 52.2 Å². The second kappa shape index (κ2) is 11.9. The van der Waals surface area contributed by atoms with Crippen LogP contribution in [0.25, 0.3) is 0 Å². The van der Waals surface area contributed by atoms with Gasteiger partial charge in [0.15, 0.2) is 0 Å². The van der Waals surface area contributed by atoms with Crippen molar-refractivity contribution in [2.24, 2.45) is 21.8 Å². The fourth-order valence-corrected chi connectivity index (χ4v) is 4.34. The smallest absolute Gasteiger partial charge is 0.274 e. The number of hydrogen-bond donors (Lipinski definition) is 4. The van der Waals surface area contributed by atoms with E-state index in [4.69, 9.17) is 0 Å². The van der Waals surface area contributed by atoms with Gasteiger partial charge in [-0.3, -0.25) is 24.6 Å². The van der Waals surface area contributed by atoms with Crippen molar-refractivity contribution in [1.82, 2.24) is 15.6 Å². The fourth-order valence-electron chi connectivity index (χ4n) is 4.34. The average molecular weight is 524 g/mol. The molecular formula is C30H33N7O2. The third-order valence-corrected chi connectivity index (χ3v) is 6.76. The highest BCUT2D eigenvalue weighted by molar-refractivity contribution is 6.06. The highest BCUT2D eigenvalue weighted by atomic mass is 16.2. The van der Waals surface area contributed by atoms with Gasteiger partial charge in [-0.1, -0.05) is 13.8 Å². The topological polar surface area (TPSA) is 120 Å². The lowest BCUT2D eigenvalue weighted by Crippen LogP contribution is -2.35. The molecule has 0 spiro atoms. The van der Waals surface area contributed by atoms with Crippen molar-refractivity contribution < 1.29 is 9.59 Å². The van der Waals surface area contributed by atoms with Crippen molar-refractivity contribution in [3.05, 3.63) is 89.2 Å². The van der Waals surface area contributed by atoms with Crippen molar-refractivity contribution in [3.8, 4) is 0 Å². The third-order valence-electron chi connectivity index (χ3n) is 6.76. The summed E-state index contributed by atoms with van der Waals surface area (Å²) in [4.78, 5) is 38.8. The Morgan fingerprint density at radius 1 is 0.744 bits per heavy atom. The number of nitrogens with one attached hydrogen (secondary N) is 4. The number of rotatable bonds is 6. The van der Waals surface area contributed by atoms with Crippen LogP contribution >= 0.6 is 0 Å². The van der Waals surface area contributed by atoms with Crippen LogP contribution in [-0.4, -0.2) is 54.6 Å². The maximum atomic E-state index is 12.7. The summed E-state index contributed by atoms with van der Waals surface area (Å²) in [5, 5.41) is 12.4. The fraction of sp³-hybridized carbons (Fsp3) is 0.300. The number of anilines is 2. The van der Waals surface area contributed by atoms with Gasteiger partial charge < -0.3 is 21.3 Å². The first-order valence-corrected chi connectivity index (χ1v) is 13.3. The van der Waals surface area contributed by atoms with Gasteiger partial charge in [-0.25, -0.2) is 0 Å². The Kier molecular flexibility index (Phi) is 7.96. The second-order valence-corrected chi connectivity index (χ2v) is 10.2. The van der Waals surface area contributed by atoms with E-state index in [1.54, 1.807) is 12.1 Å². The van der Waals surface area contributed by atoms with Crippen LogP contribution < -0.4 is 21.3 Å². The molecule has 0 aliphatic carbocycles. The molecule has 9 nitrogen and oxygen atoms in total. The van der Waals surface area contributed by atoms with Gasteiger partial charge in [0.2, 0.25) is 0 Å². The lowest BCUT2D eigenvalue weighted by molar-refractivity contribution is 0.101. The van der Waals surface area contributed by atoms with E-state index in [1.807, 2.05) is 48.5 Å². The molecule has 2 aromatic carbocycles. The van der Waals surface area contributed by atoms with Crippen LogP contribution in [0.15, 0.2) is 76.8 Å². The molecule has 2 atom stereocenters. The van der Waals surface area contributed by atoms with E-state index < -0.39 is 0 Å². The number of carbonyl (C=O) groups excluding carboxylic acids is 2. The molecule has 0 radical (unpaired) electrons. The number of hydrogen-bond acceptors (Lipinski definition) is 7. The summed E-state index contributed by atoms with van der Waals surface area (Å²) >= 11 is 0. The molecule has 200 valence electrons. The molecule has 0 saturated carbocycles. The molecule has 0 bridgehead atoms.